The number of imide groups is 1. The molecule has 3 amide bonds. The maximum absolute atomic E-state index is 12.6. The van der Waals surface area contributed by atoms with Gasteiger partial charge < -0.3 is 14.8 Å². The second kappa shape index (κ2) is 10.2. The summed E-state index contributed by atoms with van der Waals surface area (Å²) in [5.41, 5.74) is 1.25. The zero-order valence-electron chi connectivity index (χ0n) is 17.0. The Morgan fingerprint density at radius 2 is 2.03 bits per heavy atom. The van der Waals surface area contributed by atoms with Crippen LogP contribution in [0.25, 0.3) is 6.08 Å². The number of halogens is 2. The second-order valence-corrected chi connectivity index (χ2v) is 7.41. The van der Waals surface area contributed by atoms with Crippen molar-refractivity contribution in [2.24, 2.45) is 0 Å². The van der Waals surface area contributed by atoms with Crippen LogP contribution in [-0.4, -0.2) is 58.7 Å². The standard InChI is InChI=1S/C20H18F2N4O5S/c1-11-9-25-13(10-24-11)17(27)23-5-6-26-18(28)16(32-20(26)29)8-12-3-4-14(31-19(21)22)15(7-12)30-2/h3-4,7-10,19H,5-6H2,1-2H3,(H,23,27)/b16-8-. The molecule has 1 saturated heterocycles. The number of hydrogen-bond donors (Lipinski definition) is 1. The summed E-state index contributed by atoms with van der Waals surface area (Å²) in [4.78, 5) is 46.0. The van der Waals surface area contributed by atoms with E-state index in [2.05, 4.69) is 20.0 Å². The molecular weight excluding hydrogens is 446 g/mol. The predicted molar refractivity (Wildman–Crippen MR) is 111 cm³/mol. The molecule has 32 heavy (non-hydrogen) atoms. The van der Waals surface area contributed by atoms with E-state index in [4.69, 9.17) is 4.74 Å². The average Bonchev–Trinajstić information content (AvgIpc) is 3.02. The van der Waals surface area contributed by atoms with E-state index in [0.717, 1.165) is 16.7 Å². The Bertz CT molecular complexity index is 1060. The zero-order chi connectivity index (χ0) is 23.3. The van der Waals surface area contributed by atoms with Crippen molar-refractivity contribution >= 4 is 34.9 Å². The first kappa shape index (κ1) is 23.1. The van der Waals surface area contributed by atoms with Crippen LogP contribution in [0.15, 0.2) is 35.5 Å². The zero-order valence-corrected chi connectivity index (χ0v) is 17.8. The van der Waals surface area contributed by atoms with Gasteiger partial charge in [0.05, 0.1) is 23.9 Å². The number of aromatic nitrogens is 2. The van der Waals surface area contributed by atoms with Crippen molar-refractivity contribution in [2.45, 2.75) is 13.5 Å². The molecule has 168 valence electrons. The Labute approximate surface area is 185 Å². The summed E-state index contributed by atoms with van der Waals surface area (Å²) in [7, 11) is 1.29. The number of nitrogens with zero attached hydrogens (tertiary/aromatic N) is 3. The van der Waals surface area contributed by atoms with Gasteiger partial charge in [0.15, 0.2) is 11.5 Å². The lowest BCUT2D eigenvalue weighted by molar-refractivity contribution is -0.122. The molecule has 2 aromatic rings. The first-order valence-electron chi connectivity index (χ1n) is 9.23. The molecule has 12 heteroatoms. The monoisotopic (exact) mass is 464 g/mol. The molecule has 1 aromatic heterocycles. The van der Waals surface area contributed by atoms with E-state index in [1.54, 1.807) is 6.92 Å². The van der Waals surface area contributed by atoms with Gasteiger partial charge in [-0.3, -0.25) is 24.3 Å². The van der Waals surface area contributed by atoms with Gasteiger partial charge >= 0.3 is 6.61 Å². The van der Waals surface area contributed by atoms with Gasteiger partial charge in [0.25, 0.3) is 17.1 Å². The number of aryl methyl sites for hydroxylation is 1. The number of amides is 3. The molecule has 0 saturated carbocycles. The molecule has 0 spiro atoms. The highest BCUT2D eigenvalue weighted by Gasteiger charge is 2.34. The quantitative estimate of drug-likeness (QED) is 0.594. The minimum atomic E-state index is -3.01. The number of carbonyl (C=O) groups excluding carboxylic acids is 3. The molecular formula is C20H18F2N4O5S. The highest BCUT2D eigenvalue weighted by atomic mass is 32.2. The SMILES string of the molecule is COc1cc(/C=C2\SC(=O)N(CCNC(=O)c3cnc(C)cn3)C2=O)ccc1OC(F)F. The highest BCUT2D eigenvalue weighted by Crippen LogP contribution is 2.34. The fourth-order valence-electron chi connectivity index (χ4n) is 2.69. The summed E-state index contributed by atoms with van der Waals surface area (Å²) in [6, 6.07) is 4.15. The molecule has 3 rings (SSSR count). The van der Waals surface area contributed by atoms with E-state index < -0.39 is 23.7 Å². The average molecular weight is 464 g/mol. The van der Waals surface area contributed by atoms with Crippen LogP contribution in [-0.2, 0) is 4.79 Å². The Balaban J connectivity index is 1.63. The number of carbonyl (C=O) groups is 3. The van der Waals surface area contributed by atoms with Crippen molar-refractivity contribution in [3.05, 3.63) is 52.4 Å². The minimum absolute atomic E-state index is 0.0302. The summed E-state index contributed by atoms with van der Waals surface area (Å²) in [5.74, 6) is -1.10. The molecule has 1 N–H and O–H groups in total. The Kier molecular flexibility index (Phi) is 7.36. The molecule has 9 nitrogen and oxygen atoms in total. The van der Waals surface area contributed by atoms with Crippen molar-refractivity contribution in [3.63, 3.8) is 0 Å². The fraction of sp³-hybridized carbons (Fsp3) is 0.250. The Morgan fingerprint density at radius 1 is 1.25 bits per heavy atom. The third-order valence-electron chi connectivity index (χ3n) is 4.21. The van der Waals surface area contributed by atoms with Gasteiger partial charge in [-0.25, -0.2) is 4.98 Å². The molecule has 2 heterocycles. The number of methoxy groups -OCH3 is 1. The topological polar surface area (TPSA) is 111 Å². The fourth-order valence-corrected chi connectivity index (χ4v) is 3.56. The number of alkyl halides is 2. The number of ether oxygens (including phenoxy) is 2. The maximum atomic E-state index is 12.6. The van der Waals surface area contributed by atoms with Crippen LogP contribution in [0, 0.1) is 6.92 Å². The largest absolute Gasteiger partial charge is 0.493 e. The Hall–Kier alpha value is -3.54. The molecule has 0 atom stereocenters. The number of rotatable bonds is 8. The van der Waals surface area contributed by atoms with Crippen molar-refractivity contribution < 1.29 is 32.6 Å². The molecule has 1 aliphatic rings. The second-order valence-electron chi connectivity index (χ2n) is 6.42. The first-order valence-corrected chi connectivity index (χ1v) is 10.0. The van der Waals surface area contributed by atoms with Gasteiger partial charge in [-0.05, 0) is 42.5 Å². The van der Waals surface area contributed by atoms with Crippen molar-refractivity contribution in [1.29, 1.82) is 0 Å². The third kappa shape index (κ3) is 5.58. The third-order valence-corrected chi connectivity index (χ3v) is 5.12. The number of benzene rings is 1. The van der Waals surface area contributed by atoms with Crippen LogP contribution in [0.5, 0.6) is 11.5 Å². The summed E-state index contributed by atoms with van der Waals surface area (Å²) < 4.78 is 34.3. The lowest BCUT2D eigenvalue weighted by atomic mass is 10.2. The predicted octanol–water partition coefficient (Wildman–Crippen LogP) is 2.86. The van der Waals surface area contributed by atoms with Gasteiger partial charge in [0.2, 0.25) is 0 Å². The van der Waals surface area contributed by atoms with E-state index in [0.29, 0.717) is 11.3 Å². The van der Waals surface area contributed by atoms with Crippen LogP contribution in [0.1, 0.15) is 21.7 Å². The van der Waals surface area contributed by atoms with E-state index >= 15 is 0 Å². The molecule has 1 aromatic carbocycles. The number of nitrogens with one attached hydrogen (secondary N) is 1. The molecule has 0 radical (unpaired) electrons. The number of hydrogen-bond acceptors (Lipinski definition) is 8. The summed E-state index contributed by atoms with van der Waals surface area (Å²) in [6.07, 6.45) is 4.23. The van der Waals surface area contributed by atoms with Gasteiger partial charge in [0, 0.05) is 19.3 Å². The van der Waals surface area contributed by atoms with E-state index in [1.165, 1.54) is 43.8 Å². The van der Waals surface area contributed by atoms with E-state index in [9.17, 15) is 23.2 Å². The number of thioether (sulfide) groups is 1. The first-order chi connectivity index (χ1) is 15.3. The highest BCUT2D eigenvalue weighted by molar-refractivity contribution is 8.18. The van der Waals surface area contributed by atoms with Gasteiger partial charge in [-0.1, -0.05) is 6.07 Å². The van der Waals surface area contributed by atoms with Crippen LogP contribution in [0.3, 0.4) is 0 Å². The molecule has 1 fully saturated rings. The minimum Gasteiger partial charge on any atom is -0.493 e. The summed E-state index contributed by atoms with van der Waals surface area (Å²) in [6.45, 7) is -1.26. The van der Waals surface area contributed by atoms with Crippen molar-refractivity contribution in [2.75, 3.05) is 20.2 Å². The van der Waals surface area contributed by atoms with Gasteiger partial charge in [-0.2, -0.15) is 8.78 Å². The normalized spacial score (nSPS) is 14.9. The lowest BCUT2D eigenvalue weighted by Gasteiger charge is -2.13. The Morgan fingerprint density at radius 3 is 2.69 bits per heavy atom. The van der Waals surface area contributed by atoms with Crippen LogP contribution < -0.4 is 14.8 Å². The van der Waals surface area contributed by atoms with E-state index in [1.807, 2.05) is 0 Å². The van der Waals surface area contributed by atoms with Gasteiger partial charge in [0.1, 0.15) is 5.69 Å². The smallest absolute Gasteiger partial charge is 0.387 e. The summed E-state index contributed by atoms with van der Waals surface area (Å²) in [5, 5.41) is 2.09. The van der Waals surface area contributed by atoms with Crippen LogP contribution in [0.4, 0.5) is 13.6 Å². The maximum Gasteiger partial charge on any atom is 0.387 e. The lowest BCUT2D eigenvalue weighted by Crippen LogP contribution is -2.37. The van der Waals surface area contributed by atoms with Crippen LogP contribution in [0.2, 0.25) is 0 Å². The van der Waals surface area contributed by atoms with Crippen molar-refractivity contribution in [1.82, 2.24) is 20.2 Å². The van der Waals surface area contributed by atoms with Gasteiger partial charge in [-0.15, -0.1) is 0 Å². The van der Waals surface area contributed by atoms with Crippen molar-refractivity contribution in [3.8, 4) is 11.5 Å². The molecule has 0 unspecified atom stereocenters. The molecule has 0 aliphatic carbocycles. The van der Waals surface area contributed by atoms with E-state index in [-0.39, 0.29) is 35.2 Å². The molecule has 0 bridgehead atoms. The summed E-state index contributed by atoms with van der Waals surface area (Å²) >= 11 is 0.733. The van der Waals surface area contributed by atoms with Crippen LogP contribution >= 0.6 is 11.8 Å². The molecule has 1 aliphatic heterocycles.